The number of halogens is 1. The zero-order valence-corrected chi connectivity index (χ0v) is 20.2. The molecule has 1 aliphatic carbocycles. The van der Waals surface area contributed by atoms with Crippen LogP contribution in [-0.2, 0) is 16.1 Å². The van der Waals surface area contributed by atoms with E-state index in [1.54, 1.807) is 11.8 Å². The Hall–Kier alpha value is -2.53. The first-order valence-electron chi connectivity index (χ1n) is 12.1. The summed E-state index contributed by atoms with van der Waals surface area (Å²) in [4.78, 5) is 27.6. The number of amides is 2. The van der Waals surface area contributed by atoms with Gasteiger partial charge in [-0.1, -0.05) is 49.9 Å². The van der Waals surface area contributed by atoms with Crippen molar-refractivity contribution >= 4 is 34.8 Å². The molecule has 1 aliphatic heterocycles. The van der Waals surface area contributed by atoms with Crippen LogP contribution < -0.4 is 15.0 Å². The van der Waals surface area contributed by atoms with Gasteiger partial charge in [0.05, 0.1) is 12.2 Å². The van der Waals surface area contributed by atoms with E-state index in [1.165, 1.54) is 19.3 Å². The topological polar surface area (TPSA) is 58.6 Å². The summed E-state index contributed by atoms with van der Waals surface area (Å²) in [7, 11) is 0. The van der Waals surface area contributed by atoms with Crippen LogP contribution in [0.4, 0.5) is 11.4 Å². The van der Waals surface area contributed by atoms with Crippen molar-refractivity contribution in [2.24, 2.45) is 11.8 Å². The predicted octanol–water partition coefficient (Wildman–Crippen LogP) is 6.59. The number of hydrogen-bond acceptors (Lipinski definition) is 3. The second-order valence-electron chi connectivity index (χ2n) is 9.35. The van der Waals surface area contributed by atoms with Crippen molar-refractivity contribution < 1.29 is 14.3 Å². The molecule has 176 valence electrons. The van der Waals surface area contributed by atoms with Crippen LogP contribution in [0.3, 0.4) is 0 Å². The van der Waals surface area contributed by atoms with Crippen molar-refractivity contribution in [2.75, 3.05) is 10.2 Å². The second-order valence-corrected chi connectivity index (χ2v) is 9.78. The maximum atomic E-state index is 12.9. The Labute approximate surface area is 201 Å². The van der Waals surface area contributed by atoms with Crippen molar-refractivity contribution in [3.05, 3.63) is 53.1 Å². The largest absolute Gasteiger partial charge is 0.479 e. The molecule has 33 heavy (non-hydrogen) atoms. The lowest BCUT2D eigenvalue weighted by Gasteiger charge is -2.33. The first kappa shape index (κ1) is 23.6. The molecule has 2 aromatic carbocycles. The molecule has 0 spiro atoms. The number of nitrogens with one attached hydrogen (secondary N) is 1. The van der Waals surface area contributed by atoms with Crippen molar-refractivity contribution in [1.82, 2.24) is 0 Å². The zero-order chi connectivity index (χ0) is 23.4. The molecule has 0 radical (unpaired) electrons. The lowest BCUT2D eigenvalue weighted by molar-refractivity contribution is -0.125. The normalized spacial score (nSPS) is 22.5. The number of carbonyl (C=O) groups excluding carboxylic acids is 2. The minimum Gasteiger partial charge on any atom is -0.479 e. The summed E-state index contributed by atoms with van der Waals surface area (Å²) < 4.78 is 5.83. The van der Waals surface area contributed by atoms with E-state index in [0.717, 1.165) is 37.2 Å². The van der Waals surface area contributed by atoms with Gasteiger partial charge in [-0.05, 0) is 74.4 Å². The Morgan fingerprint density at radius 2 is 1.94 bits per heavy atom. The number of carbonyl (C=O) groups is 2. The van der Waals surface area contributed by atoms with Gasteiger partial charge < -0.3 is 15.0 Å². The van der Waals surface area contributed by atoms with Gasteiger partial charge in [-0.15, -0.1) is 0 Å². The summed E-state index contributed by atoms with van der Waals surface area (Å²) in [6, 6.07) is 13.0. The first-order valence-corrected chi connectivity index (χ1v) is 12.5. The monoisotopic (exact) mass is 468 g/mol. The molecule has 5 nitrogen and oxygen atoms in total. The number of nitrogens with zero attached hydrogens (tertiary/aromatic N) is 1. The van der Waals surface area contributed by atoms with E-state index in [0.29, 0.717) is 28.7 Å². The third-order valence-electron chi connectivity index (χ3n) is 6.85. The number of fused-ring (bicyclic) bond motifs is 1. The number of anilines is 2. The van der Waals surface area contributed by atoms with Gasteiger partial charge in [-0.3, -0.25) is 9.59 Å². The Kier molecular flexibility index (Phi) is 7.59. The number of unbranched alkanes of at least 4 members (excludes halogenated alkanes) is 1. The Morgan fingerprint density at radius 1 is 1.15 bits per heavy atom. The van der Waals surface area contributed by atoms with E-state index in [-0.39, 0.29) is 17.7 Å². The molecule has 6 heteroatoms. The fourth-order valence-corrected chi connectivity index (χ4v) is 5.13. The van der Waals surface area contributed by atoms with Crippen LogP contribution in [0.2, 0.25) is 5.02 Å². The lowest BCUT2D eigenvalue weighted by atomic mass is 9.79. The van der Waals surface area contributed by atoms with Crippen LogP contribution in [0.1, 0.15) is 64.4 Å². The SMILES string of the molecule is CCCCC1CCC(C(=O)Nc2ccc3c(c2)N(Cc2cccc(Cl)c2)C(=O)C(C)O3)CC1. The van der Waals surface area contributed by atoms with Crippen molar-refractivity contribution in [3.8, 4) is 5.75 Å². The average Bonchev–Trinajstić information content (AvgIpc) is 2.81. The van der Waals surface area contributed by atoms with Gasteiger partial charge >= 0.3 is 0 Å². The van der Waals surface area contributed by atoms with Crippen molar-refractivity contribution in [1.29, 1.82) is 0 Å². The van der Waals surface area contributed by atoms with Crippen molar-refractivity contribution in [2.45, 2.75) is 71.4 Å². The zero-order valence-electron chi connectivity index (χ0n) is 19.5. The highest BCUT2D eigenvalue weighted by molar-refractivity contribution is 6.30. The molecule has 2 aliphatic rings. The van der Waals surface area contributed by atoms with E-state index in [1.807, 2.05) is 42.5 Å². The maximum Gasteiger partial charge on any atom is 0.268 e. The molecule has 2 amide bonds. The van der Waals surface area contributed by atoms with Crippen LogP contribution in [0.15, 0.2) is 42.5 Å². The standard InChI is InChI=1S/C27H33ClN2O3/c1-3-4-6-19-9-11-21(12-10-19)26(31)29-23-13-14-25-24(16-23)30(27(32)18(2)33-25)17-20-7-5-8-22(28)15-20/h5,7-8,13-16,18-19,21H,3-4,6,9-12,17H2,1-2H3,(H,29,31). The van der Waals surface area contributed by atoms with Gasteiger partial charge in [-0.25, -0.2) is 0 Å². The minimum atomic E-state index is -0.569. The minimum absolute atomic E-state index is 0.0550. The van der Waals surface area contributed by atoms with E-state index in [9.17, 15) is 9.59 Å². The summed E-state index contributed by atoms with van der Waals surface area (Å²) in [5.41, 5.74) is 2.29. The maximum absolute atomic E-state index is 12.9. The van der Waals surface area contributed by atoms with Crippen LogP contribution in [0, 0.1) is 11.8 Å². The summed E-state index contributed by atoms with van der Waals surface area (Å²) >= 11 is 6.14. The van der Waals surface area contributed by atoms with Gasteiger partial charge in [0, 0.05) is 16.6 Å². The van der Waals surface area contributed by atoms with Crippen LogP contribution >= 0.6 is 11.6 Å². The van der Waals surface area contributed by atoms with Gasteiger partial charge in [0.1, 0.15) is 5.75 Å². The second kappa shape index (κ2) is 10.6. The highest BCUT2D eigenvalue weighted by Gasteiger charge is 2.32. The Bertz CT molecular complexity index is 1000. The summed E-state index contributed by atoms with van der Waals surface area (Å²) in [6.45, 7) is 4.37. The van der Waals surface area contributed by atoms with Crippen LogP contribution in [-0.4, -0.2) is 17.9 Å². The van der Waals surface area contributed by atoms with E-state index < -0.39 is 6.10 Å². The molecule has 0 bridgehead atoms. The first-order chi connectivity index (χ1) is 15.9. The van der Waals surface area contributed by atoms with E-state index >= 15 is 0 Å². The predicted molar refractivity (Wildman–Crippen MR) is 133 cm³/mol. The summed E-state index contributed by atoms with van der Waals surface area (Å²) in [6.07, 6.45) is 7.40. The molecular formula is C27H33ClN2O3. The fourth-order valence-electron chi connectivity index (χ4n) is 4.92. The van der Waals surface area contributed by atoms with Crippen LogP contribution in [0.5, 0.6) is 5.75 Å². The molecule has 4 rings (SSSR count). The Morgan fingerprint density at radius 3 is 2.67 bits per heavy atom. The molecule has 1 unspecified atom stereocenters. The molecule has 0 saturated heterocycles. The van der Waals surface area contributed by atoms with Crippen LogP contribution in [0.25, 0.3) is 0 Å². The third kappa shape index (κ3) is 5.70. The fraction of sp³-hybridized carbons (Fsp3) is 0.481. The smallest absolute Gasteiger partial charge is 0.268 e. The van der Waals surface area contributed by atoms with Crippen molar-refractivity contribution in [3.63, 3.8) is 0 Å². The highest BCUT2D eigenvalue weighted by atomic mass is 35.5. The number of rotatable bonds is 7. The highest BCUT2D eigenvalue weighted by Crippen LogP contribution is 2.38. The lowest BCUT2D eigenvalue weighted by Crippen LogP contribution is -2.44. The molecule has 0 aromatic heterocycles. The molecule has 1 N–H and O–H groups in total. The van der Waals surface area contributed by atoms with E-state index in [2.05, 4.69) is 12.2 Å². The number of ether oxygens (including phenoxy) is 1. The molecule has 1 saturated carbocycles. The van der Waals surface area contributed by atoms with Gasteiger partial charge in [0.2, 0.25) is 5.91 Å². The number of benzene rings is 2. The number of hydrogen-bond donors (Lipinski definition) is 1. The third-order valence-corrected chi connectivity index (χ3v) is 7.08. The molecule has 1 atom stereocenters. The van der Waals surface area contributed by atoms with Gasteiger partial charge in [-0.2, -0.15) is 0 Å². The summed E-state index contributed by atoms with van der Waals surface area (Å²) in [5, 5.41) is 3.72. The molecule has 2 aromatic rings. The van der Waals surface area contributed by atoms with Gasteiger partial charge in [0.15, 0.2) is 6.10 Å². The van der Waals surface area contributed by atoms with E-state index in [4.69, 9.17) is 16.3 Å². The summed E-state index contributed by atoms with van der Waals surface area (Å²) in [5.74, 6) is 1.42. The Balaban J connectivity index is 1.47. The average molecular weight is 469 g/mol. The molecule has 1 heterocycles. The molecular weight excluding hydrogens is 436 g/mol. The van der Waals surface area contributed by atoms with Gasteiger partial charge in [0.25, 0.3) is 5.91 Å². The quantitative estimate of drug-likeness (QED) is 0.498. The molecule has 1 fully saturated rings.